The smallest absolute Gasteiger partial charge is 0.744 e. The third-order valence-corrected chi connectivity index (χ3v) is 11.5. The minimum atomic E-state index is -4.69. The largest absolute Gasteiger partial charge is 1.00 e. The predicted molar refractivity (Wildman–Crippen MR) is 190 cm³/mol. The van der Waals surface area contributed by atoms with Gasteiger partial charge in [-0.25, -0.2) is 21.6 Å². The second kappa shape index (κ2) is 16.1. The third-order valence-electron chi connectivity index (χ3n) is 9.81. The van der Waals surface area contributed by atoms with Gasteiger partial charge in [0.15, 0.2) is 5.71 Å². The van der Waals surface area contributed by atoms with E-state index in [9.17, 15) is 40.3 Å². The zero-order valence-corrected chi connectivity index (χ0v) is 34.4. The van der Waals surface area contributed by atoms with Crippen LogP contribution in [0.25, 0.3) is 0 Å². The van der Waals surface area contributed by atoms with Crippen LogP contribution in [0.15, 0.2) is 82.3 Å². The van der Waals surface area contributed by atoms with Crippen LogP contribution in [0.5, 0.6) is 0 Å². The monoisotopic (exact) mass is 775 g/mol. The van der Waals surface area contributed by atoms with Crippen molar-refractivity contribution in [3.05, 3.63) is 83.6 Å². The summed E-state index contributed by atoms with van der Waals surface area (Å²) in [6, 6.07) is 8.80. The number of carbonyl (C=O) groups excluding carboxylic acids is 3. The molecule has 0 aliphatic carbocycles. The molecule has 0 bridgehead atoms. The van der Waals surface area contributed by atoms with E-state index in [-0.39, 0.29) is 58.6 Å². The summed E-state index contributed by atoms with van der Waals surface area (Å²) in [5, 5.41) is 0.536. The van der Waals surface area contributed by atoms with Crippen molar-refractivity contribution in [1.29, 1.82) is 0 Å². The Morgan fingerprint density at radius 1 is 0.849 bits per heavy atom. The van der Waals surface area contributed by atoms with E-state index in [1.54, 1.807) is 12.1 Å². The van der Waals surface area contributed by atoms with E-state index < -0.39 is 48.8 Å². The number of hydrogen-bond acceptors (Lipinski definition) is 11. The number of carbonyl (C=O) groups is 3. The summed E-state index contributed by atoms with van der Waals surface area (Å²) in [6.45, 7) is 11.0. The van der Waals surface area contributed by atoms with Crippen molar-refractivity contribution in [3.8, 4) is 0 Å². The van der Waals surface area contributed by atoms with Gasteiger partial charge in [0.05, 0.1) is 15.2 Å². The van der Waals surface area contributed by atoms with Gasteiger partial charge in [0, 0.05) is 66.7 Å². The quantitative estimate of drug-likeness (QED) is 0.0723. The summed E-state index contributed by atoms with van der Waals surface area (Å²) in [4.78, 5) is 42.2. The van der Waals surface area contributed by atoms with E-state index in [2.05, 4.69) is 9.48 Å². The van der Waals surface area contributed by atoms with Crippen molar-refractivity contribution in [2.45, 2.75) is 93.8 Å². The number of amides is 2. The molecular formula is C37H42N3NaO10S2. The molecule has 3 heterocycles. The SMILES string of the molecule is CCN1\C(=C/C=C/C=C/C2=[N+](CCCCCC(=O)ON3C(=O)CCC3=O)c3ccc(S(=O)(=O)[O-])cc3C2(C)C)C(C)(C)c2cc(S(=O)(=O)[O-])ccc21.[Na+]. The average molecular weight is 776 g/mol. The molecule has 0 N–H and O–H groups in total. The number of allylic oxidation sites excluding steroid dienone is 6. The first-order chi connectivity index (χ1) is 24.3. The molecule has 0 saturated carbocycles. The molecule has 3 aliphatic rings. The number of nitrogens with zero attached hydrogens (tertiary/aromatic N) is 3. The van der Waals surface area contributed by atoms with Gasteiger partial charge in [0.25, 0.3) is 11.8 Å². The molecule has 0 aromatic heterocycles. The van der Waals surface area contributed by atoms with Gasteiger partial charge >= 0.3 is 35.5 Å². The Bertz CT molecular complexity index is 2150. The van der Waals surface area contributed by atoms with Crippen LogP contribution >= 0.6 is 0 Å². The summed E-state index contributed by atoms with van der Waals surface area (Å²) in [6.07, 6.45) is 11.3. The van der Waals surface area contributed by atoms with Crippen LogP contribution in [-0.2, 0) is 50.3 Å². The third kappa shape index (κ3) is 8.77. The molecule has 2 aromatic carbocycles. The minimum absolute atomic E-state index is 0. The number of anilines is 1. The van der Waals surface area contributed by atoms with Crippen LogP contribution in [0, 0.1) is 0 Å². The molecule has 278 valence electrons. The van der Waals surface area contributed by atoms with Gasteiger partial charge in [-0.1, -0.05) is 32.1 Å². The Hall–Kier alpha value is -3.44. The van der Waals surface area contributed by atoms with Crippen molar-refractivity contribution in [2.75, 3.05) is 18.0 Å². The van der Waals surface area contributed by atoms with Crippen molar-refractivity contribution < 1.29 is 79.3 Å². The molecule has 0 unspecified atom stereocenters. The van der Waals surface area contributed by atoms with Crippen LogP contribution in [-0.4, -0.2) is 72.2 Å². The zero-order valence-electron chi connectivity index (χ0n) is 30.7. The van der Waals surface area contributed by atoms with Crippen LogP contribution in [0.2, 0.25) is 0 Å². The Kier molecular flexibility index (Phi) is 12.9. The molecule has 2 aromatic rings. The number of imide groups is 1. The van der Waals surface area contributed by atoms with E-state index in [1.165, 1.54) is 24.3 Å². The number of unbranched alkanes of at least 4 members (excludes halogenated alkanes) is 2. The molecule has 5 rings (SSSR count). The van der Waals surface area contributed by atoms with Gasteiger partial charge in [-0.15, -0.1) is 5.06 Å². The van der Waals surface area contributed by atoms with Crippen LogP contribution in [0.3, 0.4) is 0 Å². The topological polar surface area (TPSA) is 184 Å². The number of rotatable bonds is 13. The fourth-order valence-electron chi connectivity index (χ4n) is 7.08. The summed E-state index contributed by atoms with van der Waals surface area (Å²) >= 11 is 0. The number of hydroxylamine groups is 2. The molecule has 2 amide bonds. The zero-order chi connectivity index (χ0) is 38.2. The number of likely N-dealkylation sites (N-methyl/N-ethyl adjacent to an activating group) is 1. The van der Waals surface area contributed by atoms with Gasteiger partial charge in [-0.3, -0.25) is 9.59 Å². The summed E-state index contributed by atoms with van der Waals surface area (Å²) < 4.78 is 73.0. The molecule has 1 fully saturated rings. The predicted octanol–water partition coefficient (Wildman–Crippen LogP) is 1.86. The molecule has 3 aliphatic heterocycles. The van der Waals surface area contributed by atoms with E-state index in [1.807, 2.05) is 65.0 Å². The molecule has 0 radical (unpaired) electrons. The van der Waals surface area contributed by atoms with Crippen molar-refractivity contribution in [1.82, 2.24) is 5.06 Å². The molecular weight excluding hydrogens is 734 g/mol. The molecule has 0 atom stereocenters. The summed E-state index contributed by atoms with van der Waals surface area (Å²) in [7, 11) is -9.30. The number of fused-ring (bicyclic) bond motifs is 2. The Labute approximate surface area is 332 Å². The number of hydrogen-bond donors (Lipinski definition) is 0. The molecule has 0 spiro atoms. The fraction of sp³-hybridized carbons (Fsp3) is 0.405. The van der Waals surface area contributed by atoms with Crippen molar-refractivity contribution in [2.24, 2.45) is 0 Å². The molecule has 53 heavy (non-hydrogen) atoms. The molecule has 16 heteroatoms. The Morgan fingerprint density at radius 2 is 1.45 bits per heavy atom. The number of benzene rings is 2. The second-order valence-corrected chi connectivity index (χ2v) is 16.7. The Morgan fingerprint density at radius 3 is 2.06 bits per heavy atom. The molecule has 1 saturated heterocycles. The van der Waals surface area contributed by atoms with Crippen LogP contribution in [0.4, 0.5) is 11.4 Å². The molecule has 13 nitrogen and oxygen atoms in total. The van der Waals surface area contributed by atoms with Crippen LogP contribution in [0.1, 0.15) is 84.3 Å². The summed E-state index contributed by atoms with van der Waals surface area (Å²) in [5.41, 5.74) is 3.55. The second-order valence-electron chi connectivity index (χ2n) is 13.9. The first kappa shape index (κ1) is 42.3. The van der Waals surface area contributed by atoms with Gasteiger partial charge in [0.2, 0.25) is 5.69 Å². The first-order valence-corrected chi connectivity index (χ1v) is 19.9. The van der Waals surface area contributed by atoms with E-state index in [0.717, 1.165) is 28.3 Å². The van der Waals surface area contributed by atoms with E-state index in [0.29, 0.717) is 43.0 Å². The van der Waals surface area contributed by atoms with E-state index >= 15 is 0 Å². The van der Waals surface area contributed by atoms with Crippen LogP contribution < -0.4 is 34.5 Å². The maximum atomic E-state index is 12.2. The van der Waals surface area contributed by atoms with Crippen molar-refractivity contribution in [3.63, 3.8) is 0 Å². The maximum Gasteiger partial charge on any atom is 1.00 e. The maximum absolute atomic E-state index is 12.2. The van der Waals surface area contributed by atoms with Crippen molar-refractivity contribution >= 4 is 55.1 Å². The minimum Gasteiger partial charge on any atom is -0.744 e. The fourth-order valence-corrected chi connectivity index (χ4v) is 8.07. The summed E-state index contributed by atoms with van der Waals surface area (Å²) in [5.74, 6) is -1.73. The van der Waals surface area contributed by atoms with E-state index in [4.69, 9.17) is 4.84 Å². The Balaban J connectivity index is 0.00000627. The van der Waals surface area contributed by atoms with Gasteiger partial charge < -0.3 is 18.8 Å². The van der Waals surface area contributed by atoms with Gasteiger partial charge in [0.1, 0.15) is 26.8 Å². The standard InChI is InChI=1S/C37H43N3O10S2.Na/c1-6-38-29-18-16-25(51(44,45)46)23-27(29)36(2,3)31(38)13-9-7-10-14-32-37(4,5)28-24-26(52(47,48)49)17-19-30(28)39(32)22-12-8-11-15-35(43)50-40-33(41)20-21-34(40)42;/h7,9-10,13-14,16-19,23-24H,6,8,11-12,15,20-22H2,1-5H3,(H-,44,45,46,47,48,49);/q;+1/p-1. The van der Waals surface area contributed by atoms with Gasteiger partial charge in [-0.05, 0) is 75.6 Å². The normalized spacial score (nSPS) is 18.7. The average Bonchev–Trinajstić information content (AvgIpc) is 3.58. The van der Waals surface area contributed by atoms with Gasteiger partial charge in [-0.2, -0.15) is 4.58 Å². The first-order valence-electron chi connectivity index (χ1n) is 17.0.